The van der Waals surface area contributed by atoms with Crippen LogP contribution in [-0.4, -0.2) is 11.0 Å². The van der Waals surface area contributed by atoms with E-state index < -0.39 is 0 Å². The summed E-state index contributed by atoms with van der Waals surface area (Å²) < 4.78 is 0. The van der Waals surface area contributed by atoms with E-state index in [1.807, 2.05) is 12.1 Å². The highest BCUT2D eigenvalue weighted by atomic mass is 14.9. The molecule has 106 valence electrons. The van der Waals surface area contributed by atoms with Crippen LogP contribution in [0.25, 0.3) is 10.9 Å². The number of nitrogen functional groups attached to an aromatic ring is 1. The number of anilines is 2. The summed E-state index contributed by atoms with van der Waals surface area (Å²) >= 11 is 0. The van der Waals surface area contributed by atoms with E-state index in [0.717, 1.165) is 28.2 Å². The van der Waals surface area contributed by atoms with Gasteiger partial charge < -0.3 is 11.1 Å². The predicted molar refractivity (Wildman–Crippen MR) is 85.7 cm³/mol. The quantitative estimate of drug-likeness (QED) is 0.808. The molecule has 0 amide bonds. The summed E-state index contributed by atoms with van der Waals surface area (Å²) in [4.78, 5) is 4.40. The third-order valence-electron chi connectivity index (χ3n) is 4.85. The molecule has 0 radical (unpaired) electrons. The number of rotatable bonds is 2. The zero-order valence-electron chi connectivity index (χ0n) is 12.3. The van der Waals surface area contributed by atoms with Crippen LogP contribution in [0.3, 0.4) is 0 Å². The van der Waals surface area contributed by atoms with E-state index in [9.17, 15) is 0 Å². The Hall–Kier alpha value is -1.77. The van der Waals surface area contributed by atoms with E-state index in [-0.39, 0.29) is 0 Å². The SMILES string of the molecule is CC1CCCC(Nc2ccc(N)c3ncccc23)C1C. The fourth-order valence-electron chi connectivity index (χ4n) is 3.31. The minimum Gasteiger partial charge on any atom is -0.397 e. The number of benzene rings is 1. The lowest BCUT2D eigenvalue weighted by molar-refractivity contribution is 0.253. The molecular weight excluding hydrogens is 246 g/mol. The van der Waals surface area contributed by atoms with Crippen molar-refractivity contribution in [3.05, 3.63) is 30.5 Å². The van der Waals surface area contributed by atoms with E-state index in [1.54, 1.807) is 6.20 Å². The Kier molecular flexibility index (Phi) is 3.51. The molecule has 3 heteroatoms. The van der Waals surface area contributed by atoms with Crippen LogP contribution >= 0.6 is 0 Å². The standard InChI is InChI=1S/C17H23N3/c1-11-5-3-7-15(12(11)2)20-16-9-8-14(18)17-13(16)6-4-10-19-17/h4,6,8-12,15,20H,3,5,7,18H2,1-2H3. The molecule has 3 unspecified atom stereocenters. The fraction of sp³-hybridized carbons (Fsp3) is 0.471. The minimum absolute atomic E-state index is 0.547. The van der Waals surface area contributed by atoms with Crippen LogP contribution in [0.5, 0.6) is 0 Å². The maximum Gasteiger partial charge on any atom is 0.0951 e. The largest absolute Gasteiger partial charge is 0.397 e. The second-order valence-electron chi connectivity index (χ2n) is 6.12. The van der Waals surface area contributed by atoms with E-state index in [4.69, 9.17) is 5.73 Å². The van der Waals surface area contributed by atoms with Gasteiger partial charge in [-0.2, -0.15) is 0 Å². The van der Waals surface area contributed by atoms with Crippen LogP contribution in [0.1, 0.15) is 33.1 Å². The molecule has 1 heterocycles. The van der Waals surface area contributed by atoms with Gasteiger partial charge in [-0.3, -0.25) is 4.98 Å². The Bertz CT molecular complexity index is 608. The highest BCUT2D eigenvalue weighted by Gasteiger charge is 2.27. The Labute approximate surface area is 120 Å². The average molecular weight is 269 g/mol. The van der Waals surface area contributed by atoms with Gasteiger partial charge in [0.2, 0.25) is 0 Å². The smallest absolute Gasteiger partial charge is 0.0951 e. The van der Waals surface area contributed by atoms with Crippen molar-refractivity contribution in [2.45, 2.75) is 39.2 Å². The summed E-state index contributed by atoms with van der Waals surface area (Å²) in [5, 5.41) is 4.86. The molecule has 0 saturated heterocycles. The van der Waals surface area contributed by atoms with Gasteiger partial charge in [-0.1, -0.05) is 26.7 Å². The summed E-state index contributed by atoms with van der Waals surface area (Å²) in [6, 6.07) is 8.66. The molecular formula is C17H23N3. The lowest BCUT2D eigenvalue weighted by Gasteiger charge is -2.35. The summed E-state index contributed by atoms with van der Waals surface area (Å²) in [5.41, 5.74) is 8.82. The van der Waals surface area contributed by atoms with Crippen LogP contribution in [0.4, 0.5) is 11.4 Å². The number of fused-ring (bicyclic) bond motifs is 1. The maximum atomic E-state index is 6.02. The van der Waals surface area contributed by atoms with E-state index in [0.29, 0.717) is 12.0 Å². The molecule has 1 aliphatic carbocycles. The van der Waals surface area contributed by atoms with Gasteiger partial charge in [0.05, 0.1) is 11.2 Å². The molecule has 20 heavy (non-hydrogen) atoms. The highest BCUT2D eigenvalue weighted by molar-refractivity contribution is 5.98. The summed E-state index contributed by atoms with van der Waals surface area (Å²) in [6.07, 6.45) is 5.71. The topological polar surface area (TPSA) is 50.9 Å². The molecule has 2 aromatic rings. The van der Waals surface area contributed by atoms with Crippen LogP contribution in [-0.2, 0) is 0 Å². The third kappa shape index (κ3) is 2.33. The molecule has 0 bridgehead atoms. The first-order chi connectivity index (χ1) is 9.66. The van der Waals surface area contributed by atoms with E-state index in [2.05, 4.69) is 36.3 Å². The van der Waals surface area contributed by atoms with Gasteiger partial charge >= 0.3 is 0 Å². The van der Waals surface area contributed by atoms with Crippen molar-refractivity contribution in [1.82, 2.24) is 4.98 Å². The Balaban J connectivity index is 1.93. The van der Waals surface area contributed by atoms with Gasteiger partial charge in [0.15, 0.2) is 0 Å². The van der Waals surface area contributed by atoms with Crippen LogP contribution in [0.2, 0.25) is 0 Å². The number of nitrogens with two attached hydrogens (primary N) is 1. The molecule has 1 fully saturated rings. The zero-order valence-corrected chi connectivity index (χ0v) is 12.3. The predicted octanol–water partition coefficient (Wildman–Crippen LogP) is 4.05. The molecule has 0 aliphatic heterocycles. The molecule has 3 atom stereocenters. The minimum atomic E-state index is 0.547. The van der Waals surface area contributed by atoms with Gasteiger partial charge in [0.1, 0.15) is 0 Å². The molecule has 3 N–H and O–H groups in total. The number of nitrogens with zero attached hydrogens (tertiary/aromatic N) is 1. The molecule has 1 aliphatic rings. The number of hydrogen-bond donors (Lipinski definition) is 2. The van der Waals surface area contributed by atoms with E-state index in [1.165, 1.54) is 19.3 Å². The van der Waals surface area contributed by atoms with Gasteiger partial charge in [0, 0.05) is 23.3 Å². The first-order valence-corrected chi connectivity index (χ1v) is 7.56. The molecule has 1 aromatic heterocycles. The van der Waals surface area contributed by atoms with E-state index >= 15 is 0 Å². The molecule has 1 aromatic carbocycles. The number of aromatic nitrogens is 1. The zero-order chi connectivity index (χ0) is 14.1. The van der Waals surface area contributed by atoms with Crippen molar-refractivity contribution in [2.75, 3.05) is 11.1 Å². The molecule has 0 spiro atoms. The fourth-order valence-corrected chi connectivity index (χ4v) is 3.31. The Morgan fingerprint density at radius 3 is 2.90 bits per heavy atom. The van der Waals surface area contributed by atoms with Gasteiger partial charge in [0.25, 0.3) is 0 Å². The summed E-state index contributed by atoms with van der Waals surface area (Å²) in [7, 11) is 0. The van der Waals surface area contributed by atoms with Gasteiger partial charge in [-0.15, -0.1) is 0 Å². The normalized spacial score (nSPS) is 26.6. The lowest BCUT2D eigenvalue weighted by Crippen LogP contribution is -2.35. The first-order valence-electron chi connectivity index (χ1n) is 7.56. The monoisotopic (exact) mass is 269 g/mol. The third-order valence-corrected chi connectivity index (χ3v) is 4.85. The summed E-state index contributed by atoms with van der Waals surface area (Å²) in [6.45, 7) is 4.72. The van der Waals surface area contributed by atoms with Crippen molar-refractivity contribution < 1.29 is 0 Å². The number of nitrogens with one attached hydrogen (secondary N) is 1. The second-order valence-corrected chi connectivity index (χ2v) is 6.12. The molecule has 3 rings (SSSR count). The number of pyridine rings is 1. The summed E-state index contributed by atoms with van der Waals surface area (Å²) in [5.74, 6) is 1.49. The average Bonchev–Trinajstić information content (AvgIpc) is 2.47. The Morgan fingerprint density at radius 1 is 1.20 bits per heavy atom. The lowest BCUT2D eigenvalue weighted by atomic mass is 9.78. The van der Waals surface area contributed by atoms with Gasteiger partial charge in [-0.25, -0.2) is 0 Å². The maximum absolute atomic E-state index is 6.02. The highest BCUT2D eigenvalue weighted by Crippen LogP contribution is 2.34. The van der Waals surface area contributed by atoms with Crippen molar-refractivity contribution in [3.63, 3.8) is 0 Å². The molecule has 3 nitrogen and oxygen atoms in total. The van der Waals surface area contributed by atoms with Crippen molar-refractivity contribution in [1.29, 1.82) is 0 Å². The van der Waals surface area contributed by atoms with Crippen molar-refractivity contribution in [2.24, 2.45) is 11.8 Å². The first kappa shape index (κ1) is 13.2. The van der Waals surface area contributed by atoms with Crippen LogP contribution < -0.4 is 11.1 Å². The number of hydrogen-bond acceptors (Lipinski definition) is 3. The van der Waals surface area contributed by atoms with Crippen molar-refractivity contribution in [3.8, 4) is 0 Å². The van der Waals surface area contributed by atoms with Gasteiger partial charge in [-0.05, 0) is 42.5 Å². The van der Waals surface area contributed by atoms with Crippen molar-refractivity contribution >= 4 is 22.3 Å². The second kappa shape index (κ2) is 5.31. The van der Waals surface area contributed by atoms with Crippen LogP contribution in [0.15, 0.2) is 30.5 Å². The molecule has 1 saturated carbocycles. The Morgan fingerprint density at radius 2 is 2.05 bits per heavy atom. The van der Waals surface area contributed by atoms with Crippen LogP contribution in [0, 0.1) is 11.8 Å².